The maximum absolute atomic E-state index is 11.7. The Hall–Kier alpha value is -1.39. The van der Waals surface area contributed by atoms with Crippen LogP contribution in [0.15, 0.2) is 24.3 Å². The highest BCUT2D eigenvalue weighted by Gasteiger charge is 2.18. The minimum Gasteiger partial charge on any atom is -0.466 e. The number of carbonyl (C=O) groups excluding carboxylic acids is 1. The zero-order valence-electron chi connectivity index (χ0n) is 11.0. The van der Waals surface area contributed by atoms with E-state index in [1.807, 2.05) is 24.3 Å². The molecule has 1 aromatic carbocycles. The highest BCUT2D eigenvalue weighted by Crippen LogP contribution is 2.12. The van der Waals surface area contributed by atoms with E-state index in [1.54, 1.807) is 14.0 Å². The Morgan fingerprint density at radius 3 is 2.72 bits per heavy atom. The van der Waals surface area contributed by atoms with Gasteiger partial charge in [-0.15, -0.1) is 0 Å². The Kier molecular flexibility index (Phi) is 6.39. The van der Waals surface area contributed by atoms with Gasteiger partial charge in [0.1, 0.15) is 0 Å². The Balaban J connectivity index is 2.69. The molecular formula is C14H21NO3. The topological polar surface area (TPSA) is 61.5 Å². The molecule has 0 aromatic heterocycles. The van der Waals surface area contributed by atoms with Gasteiger partial charge in [0.15, 0.2) is 0 Å². The van der Waals surface area contributed by atoms with Gasteiger partial charge in [-0.3, -0.25) is 4.79 Å². The van der Waals surface area contributed by atoms with Crippen LogP contribution in [0.5, 0.6) is 0 Å². The van der Waals surface area contributed by atoms with E-state index >= 15 is 0 Å². The van der Waals surface area contributed by atoms with Gasteiger partial charge in [0.25, 0.3) is 0 Å². The smallest absolute Gasteiger partial charge is 0.310 e. The summed E-state index contributed by atoms with van der Waals surface area (Å²) in [5.41, 5.74) is 7.79. The molecule has 0 radical (unpaired) electrons. The second-order valence-electron chi connectivity index (χ2n) is 4.14. The highest BCUT2D eigenvalue weighted by atomic mass is 16.5. The van der Waals surface area contributed by atoms with E-state index in [9.17, 15) is 4.79 Å². The fourth-order valence-corrected chi connectivity index (χ4v) is 1.82. The molecule has 0 saturated heterocycles. The number of hydrogen-bond acceptors (Lipinski definition) is 4. The van der Waals surface area contributed by atoms with Gasteiger partial charge in [-0.05, 0) is 24.5 Å². The standard InChI is InChI=1S/C14H21NO3/c1-3-18-14(16)13(9-15)8-11-5-4-6-12(7-11)10-17-2/h4-7,13H,3,8-10,15H2,1-2H3. The van der Waals surface area contributed by atoms with Crippen molar-refractivity contribution in [2.75, 3.05) is 20.3 Å². The van der Waals surface area contributed by atoms with Crippen LogP contribution in [-0.4, -0.2) is 26.2 Å². The van der Waals surface area contributed by atoms with Crippen LogP contribution >= 0.6 is 0 Å². The van der Waals surface area contributed by atoms with Gasteiger partial charge < -0.3 is 15.2 Å². The first-order chi connectivity index (χ1) is 8.71. The third-order valence-corrected chi connectivity index (χ3v) is 2.69. The second kappa shape index (κ2) is 7.84. The molecule has 0 fully saturated rings. The zero-order chi connectivity index (χ0) is 13.4. The van der Waals surface area contributed by atoms with Gasteiger partial charge in [0.2, 0.25) is 0 Å². The van der Waals surface area contributed by atoms with Gasteiger partial charge >= 0.3 is 5.97 Å². The SMILES string of the molecule is CCOC(=O)C(CN)Cc1cccc(COC)c1. The molecule has 1 unspecified atom stereocenters. The van der Waals surface area contributed by atoms with Crippen LogP contribution in [0.1, 0.15) is 18.1 Å². The van der Waals surface area contributed by atoms with Crippen molar-refractivity contribution in [3.05, 3.63) is 35.4 Å². The van der Waals surface area contributed by atoms with Crippen molar-refractivity contribution < 1.29 is 14.3 Å². The van der Waals surface area contributed by atoms with Gasteiger partial charge in [0, 0.05) is 13.7 Å². The molecule has 18 heavy (non-hydrogen) atoms. The first-order valence-corrected chi connectivity index (χ1v) is 6.14. The average molecular weight is 251 g/mol. The van der Waals surface area contributed by atoms with Crippen molar-refractivity contribution in [3.8, 4) is 0 Å². The normalized spacial score (nSPS) is 12.2. The summed E-state index contributed by atoms with van der Waals surface area (Å²) in [5, 5.41) is 0. The highest BCUT2D eigenvalue weighted by molar-refractivity contribution is 5.73. The lowest BCUT2D eigenvalue weighted by atomic mass is 9.98. The summed E-state index contributed by atoms with van der Waals surface area (Å²) in [5.74, 6) is -0.500. The van der Waals surface area contributed by atoms with Crippen molar-refractivity contribution in [1.29, 1.82) is 0 Å². The molecule has 1 atom stereocenters. The molecule has 1 rings (SSSR count). The number of rotatable bonds is 7. The summed E-state index contributed by atoms with van der Waals surface area (Å²) in [7, 11) is 1.66. The second-order valence-corrected chi connectivity index (χ2v) is 4.14. The molecule has 100 valence electrons. The fraction of sp³-hybridized carbons (Fsp3) is 0.500. The van der Waals surface area contributed by atoms with Crippen molar-refractivity contribution in [2.45, 2.75) is 20.0 Å². The minimum atomic E-state index is -0.275. The van der Waals surface area contributed by atoms with Gasteiger partial charge in [-0.2, -0.15) is 0 Å². The monoisotopic (exact) mass is 251 g/mol. The quantitative estimate of drug-likeness (QED) is 0.746. The number of carbonyl (C=O) groups is 1. The lowest BCUT2D eigenvalue weighted by molar-refractivity contribution is -0.147. The van der Waals surface area contributed by atoms with E-state index < -0.39 is 0 Å². The predicted octanol–water partition coefficient (Wildman–Crippen LogP) is 1.51. The van der Waals surface area contributed by atoms with Crippen molar-refractivity contribution in [1.82, 2.24) is 0 Å². The Morgan fingerprint density at radius 1 is 1.39 bits per heavy atom. The third kappa shape index (κ3) is 4.47. The van der Waals surface area contributed by atoms with Crippen LogP contribution in [0, 0.1) is 5.92 Å². The molecule has 0 bridgehead atoms. The molecule has 0 spiro atoms. The molecule has 4 heteroatoms. The average Bonchev–Trinajstić information content (AvgIpc) is 2.37. The number of ether oxygens (including phenoxy) is 2. The molecule has 0 aliphatic carbocycles. The van der Waals surface area contributed by atoms with Crippen LogP contribution in [0.3, 0.4) is 0 Å². The first-order valence-electron chi connectivity index (χ1n) is 6.14. The van der Waals surface area contributed by atoms with E-state index in [4.69, 9.17) is 15.2 Å². The number of hydrogen-bond donors (Lipinski definition) is 1. The van der Waals surface area contributed by atoms with Gasteiger partial charge in [0.05, 0.1) is 19.1 Å². The molecular weight excluding hydrogens is 230 g/mol. The Labute approximate surface area is 108 Å². The van der Waals surface area contributed by atoms with Crippen molar-refractivity contribution >= 4 is 5.97 Å². The van der Waals surface area contributed by atoms with Crippen LogP contribution in [-0.2, 0) is 27.3 Å². The Morgan fingerprint density at radius 2 is 2.11 bits per heavy atom. The van der Waals surface area contributed by atoms with E-state index in [0.717, 1.165) is 11.1 Å². The molecule has 2 N–H and O–H groups in total. The fourth-order valence-electron chi connectivity index (χ4n) is 1.82. The van der Waals surface area contributed by atoms with Crippen LogP contribution in [0.2, 0.25) is 0 Å². The van der Waals surface area contributed by atoms with E-state index in [0.29, 0.717) is 26.2 Å². The summed E-state index contributed by atoms with van der Waals surface area (Å²) in [6.45, 7) is 3.05. The van der Waals surface area contributed by atoms with E-state index in [-0.39, 0.29) is 11.9 Å². The largest absolute Gasteiger partial charge is 0.466 e. The maximum atomic E-state index is 11.7. The Bertz CT molecular complexity index is 379. The van der Waals surface area contributed by atoms with Crippen LogP contribution < -0.4 is 5.73 Å². The zero-order valence-corrected chi connectivity index (χ0v) is 11.0. The van der Waals surface area contributed by atoms with E-state index in [2.05, 4.69) is 0 Å². The summed E-state index contributed by atoms with van der Waals surface area (Å²) < 4.78 is 10.1. The summed E-state index contributed by atoms with van der Waals surface area (Å²) in [6.07, 6.45) is 0.604. The third-order valence-electron chi connectivity index (χ3n) is 2.69. The van der Waals surface area contributed by atoms with E-state index in [1.165, 1.54) is 0 Å². The lowest BCUT2D eigenvalue weighted by Crippen LogP contribution is -2.27. The molecule has 0 saturated carbocycles. The molecule has 4 nitrogen and oxygen atoms in total. The maximum Gasteiger partial charge on any atom is 0.310 e. The predicted molar refractivity (Wildman–Crippen MR) is 70.0 cm³/mol. The van der Waals surface area contributed by atoms with Gasteiger partial charge in [-0.1, -0.05) is 24.3 Å². The summed E-state index contributed by atoms with van der Waals surface area (Å²) in [4.78, 5) is 11.7. The minimum absolute atomic E-state index is 0.225. The molecule has 0 heterocycles. The first kappa shape index (κ1) is 14.7. The van der Waals surface area contributed by atoms with Gasteiger partial charge in [-0.25, -0.2) is 0 Å². The van der Waals surface area contributed by atoms with Crippen molar-refractivity contribution in [3.63, 3.8) is 0 Å². The molecule has 0 amide bonds. The molecule has 0 aliphatic heterocycles. The number of methoxy groups -OCH3 is 1. The van der Waals surface area contributed by atoms with Crippen molar-refractivity contribution in [2.24, 2.45) is 11.7 Å². The van der Waals surface area contributed by atoms with Crippen LogP contribution in [0.4, 0.5) is 0 Å². The summed E-state index contributed by atoms with van der Waals surface area (Å²) >= 11 is 0. The lowest BCUT2D eigenvalue weighted by Gasteiger charge is -2.14. The molecule has 1 aromatic rings. The number of esters is 1. The summed E-state index contributed by atoms with van der Waals surface area (Å²) in [6, 6.07) is 7.98. The molecule has 0 aliphatic rings. The number of benzene rings is 1. The number of nitrogens with two attached hydrogens (primary N) is 1. The van der Waals surface area contributed by atoms with Crippen LogP contribution in [0.25, 0.3) is 0 Å².